The van der Waals surface area contributed by atoms with E-state index in [9.17, 15) is 0 Å². The summed E-state index contributed by atoms with van der Waals surface area (Å²) in [5.74, 6) is 0.843. The smallest absolute Gasteiger partial charge is 0.141 e. The van der Waals surface area contributed by atoms with E-state index < -0.39 is 0 Å². The molecule has 0 fully saturated rings. The van der Waals surface area contributed by atoms with Crippen LogP contribution in [-0.2, 0) is 5.75 Å². The van der Waals surface area contributed by atoms with Crippen LogP contribution in [0.25, 0.3) is 0 Å². The number of amidine groups is 1. The van der Waals surface area contributed by atoms with Crippen molar-refractivity contribution in [2.24, 2.45) is 5.73 Å². The van der Waals surface area contributed by atoms with Crippen LogP contribution in [0.2, 0.25) is 0 Å². The van der Waals surface area contributed by atoms with Crippen molar-refractivity contribution >= 4 is 33.5 Å². The van der Waals surface area contributed by atoms with Gasteiger partial charge in [0.05, 0.1) is 0 Å². The van der Waals surface area contributed by atoms with Gasteiger partial charge in [-0.2, -0.15) is 0 Å². The first kappa shape index (κ1) is 13.1. The molecule has 0 atom stereocenters. The zero-order valence-electron chi connectivity index (χ0n) is 9.56. The molecule has 1 heterocycles. The summed E-state index contributed by atoms with van der Waals surface area (Å²) in [6.07, 6.45) is 1.69. The molecule has 0 unspecified atom stereocenters. The second kappa shape index (κ2) is 6.02. The van der Waals surface area contributed by atoms with Crippen LogP contribution in [0, 0.1) is 5.41 Å². The summed E-state index contributed by atoms with van der Waals surface area (Å²) < 4.78 is 1.08. The Morgan fingerprint density at radius 2 is 2.00 bits per heavy atom. The molecular weight excluding hydrogens is 310 g/mol. The minimum absolute atomic E-state index is 0.00508. The van der Waals surface area contributed by atoms with Gasteiger partial charge in [-0.25, -0.2) is 0 Å². The highest BCUT2D eigenvalue weighted by atomic mass is 79.9. The molecule has 2 aromatic rings. The van der Waals surface area contributed by atoms with Gasteiger partial charge in [0, 0.05) is 21.3 Å². The predicted molar refractivity (Wildman–Crippen MR) is 79.0 cm³/mol. The van der Waals surface area contributed by atoms with Crippen molar-refractivity contribution in [2.45, 2.75) is 10.6 Å². The zero-order chi connectivity index (χ0) is 13.0. The van der Waals surface area contributed by atoms with Gasteiger partial charge in [-0.1, -0.05) is 15.9 Å². The van der Waals surface area contributed by atoms with Crippen LogP contribution < -0.4 is 5.73 Å². The van der Waals surface area contributed by atoms with Crippen molar-refractivity contribution in [3.63, 3.8) is 0 Å². The van der Waals surface area contributed by atoms with Crippen molar-refractivity contribution in [3.8, 4) is 0 Å². The fourth-order valence-corrected chi connectivity index (χ4v) is 2.51. The second-order valence-corrected chi connectivity index (χ2v) is 5.67. The largest absolute Gasteiger partial charge is 0.382 e. The number of nitrogens with zero attached hydrogens (tertiary/aromatic N) is 1. The van der Waals surface area contributed by atoms with Gasteiger partial charge in [0.1, 0.15) is 11.5 Å². The monoisotopic (exact) mass is 321 g/mol. The Morgan fingerprint density at radius 1 is 1.28 bits per heavy atom. The molecule has 0 aliphatic heterocycles. The second-order valence-electron chi connectivity index (χ2n) is 3.71. The molecule has 2 rings (SSSR count). The molecule has 0 saturated carbocycles. The van der Waals surface area contributed by atoms with Gasteiger partial charge in [0.25, 0.3) is 0 Å². The Bertz CT molecular complexity index is 554. The van der Waals surface area contributed by atoms with Crippen molar-refractivity contribution in [1.82, 2.24) is 4.98 Å². The predicted octanol–water partition coefficient (Wildman–Crippen LogP) is 3.42. The number of halogens is 1. The third kappa shape index (κ3) is 3.58. The van der Waals surface area contributed by atoms with Crippen molar-refractivity contribution in [1.29, 1.82) is 5.41 Å². The number of nitrogens with two attached hydrogens (primary N) is 1. The quantitative estimate of drug-likeness (QED) is 0.515. The number of nitrogen functional groups attached to an aromatic ring is 1. The number of hydrogen-bond acceptors (Lipinski definition) is 3. The molecule has 0 aliphatic carbocycles. The number of aromatic nitrogens is 1. The summed E-state index contributed by atoms with van der Waals surface area (Å²) in [6, 6.07) is 12.0. The van der Waals surface area contributed by atoms with E-state index in [2.05, 4.69) is 33.0 Å². The highest BCUT2D eigenvalue weighted by molar-refractivity contribution is 9.10. The van der Waals surface area contributed by atoms with Gasteiger partial charge in [-0.05, 0) is 42.0 Å². The highest BCUT2D eigenvalue weighted by Crippen LogP contribution is 2.24. The van der Waals surface area contributed by atoms with Gasteiger partial charge in [0.15, 0.2) is 0 Å². The maximum Gasteiger partial charge on any atom is 0.141 e. The summed E-state index contributed by atoms with van der Waals surface area (Å²) >= 11 is 5.15. The third-order valence-corrected chi connectivity index (χ3v) is 3.93. The van der Waals surface area contributed by atoms with Gasteiger partial charge in [-0.3, -0.25) is 10.4 Å². The van der Waals surface area contributed by atoms with Gasteiger partial charge in [0.2, 0.25) is 0 Å². The molecule has 5 heteroatoms. The number of hydrogen-bond donors (Lipinski definition) is 2. The first-order valence-corrected chi connectivity index (χ1v) is 7.11. The maximum atomic E-state index is 7.36. The molecule has 3 nitrogen and oxygen atoms in total. The standard InChI is InChI=1S/C13H12BrN3S/c14-10-1-3-11(4-2-10)18-8-9-5-6-17-12(7-9)13(15)16/h1-7H,8H2,(H3,15,16). The van der Waals surface area contributed by atoms with Crippen LogP contribution in [0.5, 0.6) is 0 Å². The fourth-order valence-electron chi connectivity index (χ4n) is 1.41. The lowest BCUT2D eigenvalue weighted by atomic mass is 10.2. The number of thioether (sulfide) groups is 1. The third-order valence-electron chi connectivity index (χ3n) is 2.32. The molecule has 0 saturated heterocycles. The van der Waals surface area contributed by atoms with E-state index >= 15 is 0 Å². The first-order chi connectivity index (χ1) is 8.65. The Kier molecular flexibility index (Phi) is 4.38. The lowest BCUT2D eigenvalue weighted by Crippen LogP contribution is -2.13. The average Bonchev–Trinajstić information content (AvgIpc) is 2.38. The minimum atomic E-state index is 0.00508. The molecule has 92 valence electrons. The van der Waals surface area contributed by atoms with E-state index in [4.69, 9.17) is 11.1 Å². The number of benzene rings is 1. The highest BCUT2D eigenvalue weighted by Gasteiger charge is 2.01. The van der Waals surface area contributed by atoms with Crippen molar-refractivity contribution in [3.05, 3.63) is 58.3 Å². The lowest BCUT2D eigenvalue weighted by molar-refractivity contribution is 1.22. The lowest BCUT2D eigenvalue weighted by Gasteiger charge is -2.04. The number of rotatable bonds is 4. The Morgan fingerprint density at radius 3 is 2.67 bits per heavy atom. The van der Waals surface area contributed by atoms with Crippen molar-refractivity contribution in [2.75, 3.05) is 0 Å². The Balaban J connectivity index is 2.04. The van der Waals surface area contributed by atoms with Crippen molar-refractivity contribution < 1.29 is 0 Å². The van der Waals surface area contributed by atoms with E-state index in [-0.39, 0.29) is 5.84 Å². The van der Waals surface area contributed by atoms with E-state index in [0.29, 0.717) is 5.69 Å². The van der Waals surface area contributed by atoms with E-state index in [1.165, 1.54) is 4.90 Å². The zero-order valence-corrected chi connectivity index (χ0v) is 12.0. The van der Waals surface area contributed by atoms with Gasteiger partial charge in [-0.15, -0.1) is 11.8 Å². The maximum absolute atomic E-state index is 7.36. The molecule has 0 spiro atoms. The average molecular weight is 322 g/mol. The summed E-state index contributed by atoms with van der Waals surface area (Å²) in [5, 5.41) is 7.36. The van der Waals surface area contributed by atoms with Gasteiger partial charge >= 0.3 is 0 Å². The van der Waals surface area contributed by atoms with E-state index in [0.717, 1.165) is 15.8 Å². The molecule has 0 aliphatic rings. The summed E-state index contributed by atoms with van der Waals surface area (Å²) in [6.45, 7) is 0. The van der Waals surface area contributed by atoms with Crippen LogP contribution in [0.15, 0.2) is 52.0 Å². The van der Waals surface area contributed by atoms with E-state index in [1.54, 1.807) is 18.0 Å². The normalized spacial score (nSPS) is 10.3. The molecule has 0 amide bonds. The van der Waals surface area contributed by atoms with Crippen LogP contribution in [0.1, 0.15) is 11.3 Å². The van der Waals surface area contributed by atoms with Crippen LogP contribution in [-0.4, -0.2) is 10.8 Å². The molecular formula is C13H12BrN3S. The molecule has 1 aromatic heterocycles. The summed E-state index contributed by atoms with van der Waals surface area (Å²) in [4.78, 5) is 5.25. The molecule has 0 bridgehead atoms. The summed E-state index contributed by atoms with van der Waals surface area (Å²) in [7, 11) is 0. The molecule has 1 aromatic carbocycles. The Labute approximate surface area is 118 Å². The summed E-state index contributed by atoms with van der Waals surface area (Å²) in [5.41, 5.74) is 7.06. The Hall–Kier alpha value is -1.33. The fraction of sp³-hybridized carbons (Fsp3) is 0.0769. The SMILES string of the molecule is N=C(N)c1cc(CSc2ccc(Br)cc2)ccn1. The number of nitrogens with one attached hydrogen (secondary N) is 1. The molecule has 3 N–H and O–H groups in total. The molecule has 18 heavy (non-hydrogen) atoms. The molecule has 0 radical (unpaired) electrons. The minimum Gasteiger partial charge on any atom is -0.382 e. The van der Waals surface area contributed by atoms with Crippen LogP contribution >= 0.6 is 27.7 Å². The van der Waals surface area contributed by atoms with Crippen LogP contribution in [0.4, 0.5) is 0 Å². The first-order valence-electron chi connectivity index (χ1n) is 5.33. The van der Waals surface area contributed by atoms with Gasteiger partial charge < -0.3 is 5.73 Å². The topological polar surface area (TPSA) is 62.8 Å². The number of pyridine rings is 1. The van der Waals surface area contributed by atoms with E-state index in [1.807, 2.05) is 24.3 Å². The van der Waals surface area contributed by atoms with Crippen LogP contribution in [0.3, 0.4) is 0 Å².